The predicted octanol–water partition coefficient (Wildman–Crippen LogP) is 4.76. The second kappa shape index (κ2) is 7.72. The van der Waals surface area contributed by atoms with Gasteiger partial charge in [-0.05, 0) is 65.1 Å². The Hall–Kier alpha value is -1.18. The lowest BCUT2D eigenvalue weighted by atomic mass is 10.3. The molecule has 0 aromatic heterocycles. The summed E-state index contributed by atoms with van der Waals surface area (Å²) in [6.45, 7) is -0.00243. The van der Waals surface area contributed by atoms with Gasteiger partial charge in [0.2, 0.25) is 0 Å². The molecule has 2 amide bonds. The fourth-order valence-electron chi connectivity index (χ4n) is 1.48. The summed E-state index contributed by atoms with van der Waals surface area (Å²) in [6.07, 6.45) is 0. The molecule has 0 spiro atoms. The maximum absolute atomic E-state index is 11.7. The minimum absolute atomic E-state index is 0.00243. The first kappa shape index (κ1) is 16.2. The number of urea groups is 1. The van der Waals surface area contributed by atoms with Crippen LogP contribution in [-0.2, 0) is 0 Å². The molecular weight excluding hydrogens is 426 g/mol. The second-order valence-electron chi connectivity index (χ2n) is 4.00. The maximum atomic E-state index is 11.7. The summed E-state index contributed by atoms with van der Waals surface area (Å²) in [5.74, 6) is 0.454. The lowest BCUT2D eigenvalue weighted by Gasteiger charge is -2.10. The minimum Gasteiger partial charge on any atom is -0.472 e. The zero-order chi connectivity index (χ0) is 15.2. The van der Waals surface area contributed by atoms with Gasteiger partial charge in [-0.25, -0.2) is 4.79 Å². The van der Waals surface area contributed by atoms with E-state index in [1.54, 1.807) is 18.2 Å². The Morgan fingerprint density at radius 2 is 1.86 bits per heavy atom. The Balaban J connectivity index is 1.80. The van der Waals surface area contributed by atoms with Crippen molar-refractivity contribution >= 4 is 57.5 Å². The predicted molar refractivity (Wildman–Crippen MR) is 93.3 cm³/mol. The highest BCUT2D eigenvalue weighted by atomic mass is 127. The number of halogens is 3. The van der Waals surface area contributed by atoms with E-state index in [1.807, 2.05) is 24.3 Å². The molecule has 2 aromatic carbocycles. The van der Waals surface area contributed by atoms with E-state index in [-0.39, 0.29) is 12.8 Å². The number of ether oxygens (including phenoxy) is 1. The third-order valence-electron chi connectivity index (χ3n) is 2.46. The minimum atomic E-state index is -0.360. The Kier molecular flexibility index (Phi) is 5.96. The SMILES string of the molecule is O=C(NCOc1ccc(Cl)cc1Cl)Nc1ccc(I)cc1. The zero-order valence-electron chi connectivity index (χ0n) is 10.7. The van der Waals surface area contributed by atoms with Gasteiger partial charge in [0.25, 0.3) is 0 Å². The summed E-state index contributed by atoms with van der Waals surface area (Å²) < 4.78 is 6.45. The summed E-state index contributed by atoms with van der Waals surface area (Å²) in [6, 6.07) is 12.0. The lowest BCUT2D eigenvalue weighted by molar-refractivity contribution is 0.234. The molecule has 0 fully saturated rings. The Bertz CT molecular complexity index is 635. The zero-order valence-corrected chi connectivity index (χ0v) is 14.4. The normalized spacial score (nSPS) is 10.0. The van der Waals surface area contributed by atoms with Gasteiger partial charge < -0.3 is 15.4 Å². The van der Waals surface area contributed by atoms with Crippen LogP contribution in [0.25, 0.3) is 0 Å². The molecule has 0 aliphatic rings. The quantitative estimate of drug-likeness (QED) is 0.536. The molecule has 0 aliphatic carbocycles. The number of amides is 2. The number of rotatable bonds is 4. The Morgan fingerprint density at radius 1 is 1.14 bits per heavy atom. The van der Waals surface area contributed by atoms with Crippen molar-refractivity contribution in [3.05, 3.63) is 56.1 Å². The Labute approximate surface area is 145 Å². The topological polar surface area (TPSA) is 50.4 Å². The highest BCUT2D eigenvalue weighted by molar-refractivity contribution is 14.1. The molecule has 21 heavy (non-hydrogen) atoms. The van der Waals surface area contributed by atoms with E-state index in [1.165, 1.54) is 0 Å². The van der Waals surface area contributed by atoms with Gasteiger partial charge >= 0.3 is 6.03 Å². The fraction of sp³-hybridized carbons (Fsp3) is 0.0714. The number of benzene rings is 2. The number of nitrogens with one attached hydrogen (secondary N) is 2. The van der Waals surface area contributed by atoms with E-state index in [2.05, 4.69) is 33.2 Å². The number of carbonyl (C=O) groups is 1. The van der Waals surface area contributed by atoms with Crippen molar-refractivity contribution in [3.63, 3.8) is 0 Å². The van der Waals surface area contributed by atoms with Crippen molar-refractivity contribution in [2.45, 2.75) is 0 Å². The summed E-state index contributed by atoms with van der Waals surface area (Å²) in [5.41, 5.74) is 0.706. The standard InChI is InChI=1S/C14H11Cl2IN2O2/c15-9-1-6-13(12(16)7-9)21-8-18-14(20)19-11-4-2-10(17)3-5-11/h1-7H,8H2,(H2,18,19,20). The molecule has 0 heterocycles. The molecule has 110 valence electrons. The molecule has 0 saturated heterocycles. The van der Waals surface area contributed by atoms with Crippen LogP contribution in [0.3, 0.4) is 0 Å². The molecule has 2 N–H and O–H groups in total. The number of carbonyl (C=O) groups excluding carboxylic acids is 1. The molecule has 2 rings (SSSR count). The van der Waals surface area contributed by atoms with E-state index in [9.17, 15) is 4.79 Å². The van der Waals surface area contributed by atoms with Gasteiger partial charge in [-0.1, -0.05) is 23.2 Å². The van der Waals surface area contributed by atoms with Crippen molar-refractivity contribution < 1.29 is 9.53 Å². The van der Waals surface area contributed by atoms with Gasteiger partial charge in [-0.3, -0.25) is 0 Å². The first-order valence-electron chi connectivity index (χ1n) is 5.93. The fourth-order valence-corrected chi connectivity index (χ4v) is 2.30. The van der Waals surface area contributed by atoms with Crippen molar-refractivity contribution in [2.24, 2.45) is 0 Å². The van der Waals surface area contributed by atoms with Crippen molar-refractivity contribution in [2.75, 3.05) is 12.0 Å². The second-order valence-corrected chi connectivity index (χ2v) is 6.09. The molecular formula is C14H11Cl2IN2O2. The first-order chi connectivity index (χ1) is 10.0. The molecule has 0 unspecified atom stereocenters. The van der Waals surface area contributed by atoms with E-state index in [0.717, 1.165) is 3.57 Å². The van der Waals surface area contributed by atoms with Gasteiger partial charge in [0.1, 0.15) is 5.75 Å². The molecule has 2 aromatic rings. The molecule has 4 nitrogen and oxygen atoms in total. The van der Waals surface area contributed by atoms with Gasteiger partial charge in [0.15, 0.2) is 6.73 Å². The van der Waals surface area contributed by atoms with Gasteiger partial charge in [0.05, 0.1) is 5.02 Å². The van der Waals surface area contributed by atoms with E-state index in [4.69, 9.17) is 27.9 Å². The third kappa shape index (κ3) is 5.26. The molecule has 0 saturated carbocycles. The molecule has 0 radical (unpaired) electrons. The van der Waals surface area contributed by atoms with Gasteiger partial charge in [-0.2, -0.15) is 0 Å². The van der Waals surface area contributed by atoms with Crippen LogP contribution in [0.15, 0.2) is 42.5 Å². The summed E-state index contributed by atoms with van der Waals surface area (Å²) in [7, 11) is 0. The highest BCUT2D eigenvalue weighted by Gasteiger charge is 2.04. The summed E-state index contributed by atoms with van der Waals surface area (Å²) >= 11 is 13.9. The van der Waals surface area contributed by atoms with E-state index >= 15 is 0 Å². The summed E-state index contributed by atoms with van der Waals surface area (Å²) in [5, 5.41) is 6.18. The molecule has 0 aliphatic heterocycles. The van der Waals surface area contributed by atoms with Crippen LogP contribution in [-0.4, -0.2) is 12.8 Å². The van der Waals surface area contributed by atoms with Crippen LogP contribution >= 0.6 is 45.8 Å². The number of anilines is 1. The average Bonchev–Trinajstić information content (AvgIpc) is 2.44. The van der Waals surface area contributed by atoms with Gasteiger partial charge in [0, 0.05) is 14.3 Å². The van der Waals surface area contributed by atoms with Crippen LogP contribution in [0, 0.1) is 3.57 Å². The largest absolute Gasteiger partial charge is 0.472 e. The van der Waals surface area contributed by atoms with Crippen LogP contribution in [0.1, 0.15) is 0 Å². The van der Waals surface area contributed by atoms with Crippen LogP contribution < -0.4 is 15.4 Å². The van der Waals surface area contributed by atoms with E-state index in [0.29, 0.717) is 21.5 Å². The number of hydrogen-bond donors (Lipinski definition) is 2. The molecule has 7 heteroatoms. The van der Waals surface area contributed by atoms with Crippen LogP contribution in [0.5, 0.6) is 5.75 Å². The summed E-state index contributed by atoms with van der Waals surface area (Å²) in [4.78, 5) is 11.7. The third-order valence-corrected chi connectivity index (χ3v) is 3.71. The highest BCUT2D eigenvalue weighted by Crippen LogP contribution is 2.27. The Morgan fingerprint density at radius 3 is 2.52 bits per heavy atom. The van der Waals surface area contributed by atoms with E-state index < -0.39 is 0 Å². The molecule has 0 bridgehead atoms. The van der Waals surface area contributed by atoms with Gasteiger partial charge in [-0.15, -0.1) is 0 Å². The van der Waals surface area contributed by atoms with Crippen molar-refractivity contribution in [3.8, 4) is 5.75 Å². The average molecular weight is 437 g/mol. The maximum Gasteiger partial charge on any atom is 0.321 e. The molecule has 0 atom stereocenters. The lowest BCUT2D eigenvalue weighted by Crippen LogP contribution is -2.32. The van der Waals surface area contributed by atoms with Crippen LogP contribution in [0.4, 0.5) is 10.5 Å². The first-order valence-corrected chi connectivity index (χ1v) is 7.76. The number of hydrogen-bond acceptors (Lipinski definition) is 2. The van der Waals surface area contributed by atoms with Crippen molar-refractivity contribution in [1.82, 2.24) is 5.32 Å². The van der Waals surface area contributed by atoms with Crippen LogP contribution in [0.2, 0.25) is 10.0 Å². The smallest absolute Gasteiger partial charge is 0.321 e. The van der Waals surface area contributed by atoms with Crippen molar-refractivity contribution in [1.29, 1.82) is 0 Å². The monoisotopic (exact) mass is 436 g/mol.